The Kier molecular flexibility index (Phi) is 8.39. The second-order valence-corrected chi connectivity index (χ2v) is 9.58. The van der Waals surface area contributed by atoms with E-state index < -0.39 is 0 Å². The summed E-state index contributed by atoms with van der Waals surface area (Å²) < 4.78 is 5.90. The summed E-state index contributed by atoms with van der Waals surface area (Å²) >= 11 is 0. The third-order valence-corrected chi connectivity index (χ3v) is 6.33. The Bertz CT molecular complexity index is 1120. The molecule has 0 bridgehead atoms. The first kappa shape index (κ1) is 24.8. The topological polar surface area (TPSA) is 117 Å². The summed E-state index contributed by atoms with van der Waals surface area (Å²) in [7, 11) is 0. The van der Waals surface area contributed by atoms with Crippen LogP contribution in [0.15, 0.2) is 24.5 Å². The number of nitrogens with zero attached hydrogens (tertiary/aromatic N) is 3. The monoisotopic (exact) mass is 479 g/mol. The van der Waals surface area contributed by atoms with Crippen LogP contribution in [0.5, 0.6) is 5.75 Å². The van der Waals surface area contributed by atoms with Crippen molar-refractivity contribution in [3.05, 3.63) is 30.1 Å². The van der Waals surface area contributed by atoms with E-state index in [4.69, 9.17) is 9.72 Å². The number of carbonyl (C=O) groups is 1. The first-order valence-electron chi connectivity index (χ1n) is 12.8. The van der Waals surface area contributed by atoms with Gasteiger partial charge >= 0.3 is 0 Å². The highest BCUT2D eigenvalue weighted by Crippen LogP contribution is 2.28. The SMILES string of the molecule is Cc1cc(OCCCCNC(=O)C(C)C)ccc1Nc1nc(NC2CCCCC2)c2nc[nH]c2n1. The third kappa shape index (κ3) is 6.83. The minimum Gasteiger partial charge on any atom is -0.494 e. The van der Waals surface area contributed by atoms with Crippen molar-refractivity contribution >= 4 is 34.5 Å². The van der Waals surface area contributed by atoms with E-state index in [9.17, 15) is 4.79 Å². The van der Waals surface area contributed by atoms with Gasteiger partial charge < -0.3 is 25.7 Å². The Hall–Kier alpha value is -3.36. The number of anilines is 3. The number of rotatable bonds is 11. The summed E-state index contributed by atoms with van der Waals surface area (Å²) in [6.07, 6.45) is 9.55. The van der Waals surface area contributed by atoms with Gasteiger partial charge in [-0.1, -0.05) is 33.1 Å². The number of fused-ring (bicyclic) bond motifs is 1. The average Bonchev–Trinajstić information content (AvgIpc) is 3.32. The summed E-state index contributed by atoms with van der Waals surface area (Å²) in [5.74, 6) is 2.24. The molecule has 3 aromatic rings. The maximum atomic E-state index is 11.6. The van der Waals surface area contributed by atoms with E-state index in [1.54, 1.807) is 6.33 Å². The number of benzene rings is 1. The van der Waals surface area contributed by atoms with Crippen molar-refractivity contribution in [3.63, 3.8) is 0 Å². The van der Waals surface area contributed by atoms with Crippen LogP contribution in [0.4, 0.5) is 17.5 Å². The van der Waals surface area contributed by atoms with Gasteiger partial charge in [0.25, 0.3) is 0 Å². The number of amides is 1. The molecular weight excluding hydrogens is 442 g/mol. The van der Waals surface area contributed by atoms with Crippen LogP contribution in [0.3, 0.4) is 0 Å². The molecule has 0 radical (unpaired) electrons. The number of carbonyl (C=O) groups excluding carboxylic acids is 1. The van der Waals surface area contributed by atoms with Gasteiger partial charge in [0.15, 0.2) is 11.5 Å². The maximum absolute atomic E-state index is 11.6. The van der Waals surface area contributed by atoms with E-state index in [2.05, 4.69) is 30.9 Å². The number of H-pyrrole nitrogens is 1. The van der Waals surface area contributed by atoms with E-state index in [0.29, 0.717) is 30.8 Å². The summed E-state index contributed by atoms with van der Waals surface area (Å²) in [4.78, 5) is 28.5. The predicted molar refractivity (Wildman–Crippen MR) is 139 cm³/mol. The lowest BCUT2D eigenvalue weighted by Crippen LogP contribution is -2.28. The molecular formula is C26H37N7O2. The van der Waals surface area contributed by atoms with E-state index in [0.717, 1.165) is 54.0 Å². The lowest BCUT2D eigenvalue weighted by Gasteiger charge is -2.23. The molecule has 188 valence electrons. The van der Waals surface area contributed by atoms with Crippen molar-refractivity contribution in [2.45, 2.75) is 71.8 Å². The van der Waals surface area contributed by atoms with E-state index in [-0.39, 0.29) is 11.8 Å². The second kappa shape index (κ2) is 11.9. The predicted octanol–water partition coefficient (Wildman–Crippen LogP) is 5.08. The van der Waals surface area contributed by atoms with Crippen molar-refractivity contribution in [3.8, 4) is 5.75 Å². The number of nitrogens with one attached hydrogen (secondary N) is 4. The van der Waals surface area contributed by atoms with Crippen molar-refractivity contribution in [1.82, 2.24) is 25.3 Å². The molecule has 2 aromatic heterocycles. The minimum absolute atomic E-state index is 0.0212. The zero-order valence-corrected chi connectivity index (χ0v) is 21.0. The average molecular weight is 480 g/mol. The quantitative estimate of drug-likeness (QED) is 0.283. The fraction of sp³-hybridized carbons (Fsp3) is 0.538. The first-order valence-corrected chi connectivity index (χ1v) is 12.8. The van der Waals surface area contributed by atoms with Crippen molar-refractivity contribution < 1.29 is 9.53 Å². The summed E-state index contributed by atoms with van der Waals surface area (Å²) in [6, 6.07) is 6.38. The summed E-state index contributed by atoms with van der Waals surface area (Å²) in [5, 5.41) is 9.88. The van der Waals surface area contributed by atoms with E-state index in [1.807, 2.05) is 39.0 Å². The number of aromatic amines is 1. The normalized spacial score (nSPS) is 14.3. The van der Waals surface area contributed by atoms with Gasteiger partial charge in [-0.15, -0.1) is 0 Å². The lowest BCUT2D eigenvalue weighted by atomic mass is 9.95. The summed E-state index contributed by atoms with van der Waals surface area (Å²) in [6.45, 7) is 7.12. The van der Waals surface area contributed by atoms with Crippen LogP contribution in [0.1, 0.15) is 64.4 Å². The Labute approximate surface area is 206 Å². The molecule has 2 heterocycles. The van der Waals surface area contributed by atoms with Gasteiger partial charge in [0, 0.05) is 24.2 Å². The van der Waals surface area contributed by atoms with Gasteiger partial charge in [-0.05, 0) is 56.4 Å². The first-order chi connectivity index (χ1) is 17.0. The molecule has 1 fully saturated rings. The number of hydrogen-bond acceptors (Lipinski definition) is 7. The van der Waals surface area contributed by atoms with Crippen LogP contribution in [0.25, 0.3) is 11.2 Å². The standard InChI is InChI=1S/C26H37N7O2/c1-17(2)25(34)27-13-7-8-14-35-20-11-12-21(18(3)15-20)31-26-32-23-22(28-16-29-23)24(33-26)30-19-9-5-4-6-10-19/h11-12,15-17,19H,4-10,13-14H2,1-3H3,(H,27,34)(H3,28,29,30,31,32,33). The smallest absolute Gasteiger partial charge is 0.231 e. The molecule has 1 saturated carbocycles. The Balaban J connectivity index is 1.33. The number of aryl methyl sites for hydroxylation is 1. The van der Waals surface area contributed by atoms with Crippen molar-refractivity contribution in [2.75, 3.05) is 23.8 Å². The number of ether oxygens (including phenoxy) is 1. The van der Waals surface area contributed by atoms with Crippen LogP contribution in [-0.2, 0) is 4.79 Å². The van der Waals surface area contributed by atoms with E-state index >= 15 is 0 Å². The number of unbranched alkanes of at least 4 members (excludes halogenated alkanes) is 1. The molecule has 0 saturated heterocycles. The van der Waals surface area contributed by atoms with Gasteiger partial charge in [-0.25, -0.2) is 4.98 Å². The van der Waals surface area contributed by atoms with Gasteiger partial charge in [0.05, 0.1) is 12.9 Å². The molecule has 1 aliphatic rings. The lowest BCUT2D eigenvalue weighted by molar-refractivity contribution is -0.123. The molecule has 9 nitrogen and oxygen atoms in total. The number of hydrogen-bond donors (Lipinski definition) is 4. The molecule has 4 N–H and O–H groups in total. The molecule has 0 unspecified atom stereocenters. The van der Waals surface area contributed by atoms with Crippen LogP contribution in [0, 0.1) is 12.8 Å². The fourth-order valence-electron chi connectivity index (χ4n) is 4.25. The fourth-order valence-corrected chi connectivity index (χ4v) is 4.25. The van der Waals surface area contributed by atoms with Gasteiger partial charge in [-0.2, -0.15) is 9.97 Å². The number of imidazole rings is 1. The van der Waals surface area contributed by atoms with Crippen LogP contribution < -0.4 is 20.7 Å². The van der Waals surface area contributed by atoms with Gasteiger partial charge in [0.2, 0.25) is 11.9 Å². The molecule has 0 atom stereocenters. The molecule has 0 aliphatic heterocycles. The highest BCUT2D eigenvalue weighted by molar-refractivity contribution is 5.84. The van der Waals surface area contributed by atoms with Crippen LogP contribution in [-0.4, -0.2) is 45.0 Å². The van der Waals surface area contributed by atoms with Crippen molar-refractivity contribution in [1.29, 1.82) is 0 Å². The molecule has 0 spiro atoms. The third-order valence-electron chi connectivity index (χ3n) is 6.33. The zero-order chi connectivity index (χ0) is 24.6. The largest absolute Gasteiger partial charge is 0.494 e. The van der Waals surface area contributed by atoms with E-state index in [1.165, 1.54) is 19.3 Å². The van der Waals surface area contributed by atoms with Gasteiger partial charge in [0.1, 0.15) is 11.3 Å². The number of aromatic nitrogens is 4. The maximum Gasteiger partial charge on any atom is 0.231 e. The Morgan fingerprint density at radius 1 is 1.17 bits per heavy atom. The van der Waals surface area contributed by atoms with Gasteiger partial charge in [-0.3, -0.25) is 4.79 Å². The zero-order valence-electron chi connectivity index (χ0n) is 21.0. The minimum atomic E-state index is 0.0212. The second-order valence-electron chi connectivity index (χ2n) is 9.58. The highest BCUT2D eigenvalue weighted by atomic mass is 16.5. The highest BCUT2D eigenvalue weighted by Gasteiger charge is 2.17. The van der Waals surface area contributed by atoms with Crippen LogP contribution >= 0.6 is 0 Å². The molecule has 1 aromatic carbocycles. The Morgan fingerprint density at radius 2 is 2.00 bits per heavy atom. The Morgan fingerprint density at radius 3 is 2.77 bits per heavy atom. The molecule has 1 amide bonds. The van der Waals surface area contributed by atoms with Crippen molar-refractivity contribution in [2.24, 2.45) is 5.92 Å². The molecule has 9 heteroatoms. The molecule has 35 heavy (non-hydrogen) atoms. The van der Waals surface area contributed by atoms with Crippen LogP contribution in [0.2, 0.25) is 0 Å². The summed E-state index contributed by atoms with van der Waals surface area (Å²) in [5.41, 5.74) is 3.45. The molecule has 1 aliphatic carbocycles. The molecule has 4 rings (SSSR count).